The van der Waals surface area contributed by atoms with E-state index >= 15 is 4.79 Å². The van der Waals surface area contributed by atoms with Crippen molar-refractivity contribution >= 4 is 35.3 Å². The van der Waals surface area contributed by atoms with Gasteiger partial charge in [0.1, 0.15) is 36.5 Å². The lowest BCUT2D eigenvalue weighted by atomic mass is 9.65. The van der Waals surface area contributed by atoms with E-state index in [1.165, 1.54) is 24.3 Å². The molecule has 1 spiro atoms. The summed E-state index contributed by atoms with van der Waals surface area (Å²) in [6.45, 7) is -0.778. The molecule has 0 aliphatic carbocycles. The molecule has 0 saturated carbocycles. The van der Waals surface area contributed by atoms with Gasteiger partial charge in [0.2, 0.25) is 11.8 Å². The number of carbonyl (C=O) groups is 4. The molecule has 3 heterocycles. The summed E-state index contributed by atoms with van der Waals surface area (Å²) in [6, 6.07) is 33.7. The number of rotatable bonds is 10. The monoisotopic (exact) mass is 768 g/mol. The number of anilines is 1. The van der Waals surface area contributed by atoms with Gasteiger partial charge in [-0.15, -0.1) is 0 Å². The number of carbonyl (C=O) groups excluding carboxylic acids is 4. The summed E-state index contributed by atoms with van der Waals surface area (Å²) >= 11 is 0. The highest BCUT2D eigenvalue weighted by molar-refractivity contribution is 6.23. The number of nitrogens with two attached hydrogens (primary N) is 1. The van der Waals surface area contributed by atoms with Crippen LogP contribution in [0.3, 0.4) is 0 Å². The third-order valence-electron chi connectivity index (χ3n) is 10.9. The smallest absolute Gasteiger partial charge is 0.421 e. The van der Waals surface area contributed by atoms with Gasteiger partial charge >= 0.3 is 12.1 Å². The summed E-state index contributed by atoms with van der Waals surface area (Å²) in [6.07, 6.45) is -2.01. The van der Waals surface area contributed by atoms with Crippen LogP contribution in [-0.2, 0) is 35.9 Å². The lowest BCUT2D eigenvalue weighted by Gasteiger charge is -2.46. The van der Waals surface area contributed by atoms with Crippen LogP contribution in [0, 0.1) is 16.0 Å². The second-order valence-corrected chi connectivity index (χ2v) is 13.9. The second kappa shape index (κ2) is 15.0. The van der Waals surface area contributed by atoms with Gasteiger partial charge < -0.3 is 25.1 Å². The molecular weight excluding hydrogens is 732 g/mol. The number of non-ortho nitro benzene ring substituents is 1. The Morgan fingerprint density at radius 2 is 1.46 bits per heavy atom. The Bertz CT molecular complexity index is 2360. The van der Waals surface area contributed by atoms with Crippen molar-refractivity contribution in [3.63, 3.8) is 0 Å². The number of nitrogens with zero attached hydrogens (tertiary/aromatic N) is 3. The standard InChI is InChI=1S/C43H36N4O10/c44-39(49)34-36-40(50)57-37(28-13-5-2-6-14-28)35(27-11-3-1-4-12-27)46(36)38(30-15-7-10-18-33(30)55-24-23-48)43(34)31-16-8-9-17-32(31)45(41(43)51)42(52)56-25-26-19-21-29(22-20-26)47(53)54/h1-22,34-38,48H,23-25H2,(H2,44,49)/t34-,35-,36-,37+,38+,43-/m1/s1. The predicted molar refractivity (Wildman–Crippen MR) is 203 cm³/mol. The van der Waals surface area contributed by atoms with Crippen LogP contribution in [0.2, 0.25) is 0 Å². The molecule has 14 nitrogen and oxygen atoms in total. The first kappa shape index (κ1) is 37.0. The molecule has 3 aliphatic heterocycles. The van der Waals surface area contributed by atoms with E-state index in [-0.39, 0.29) is 42.5 Å². The number of hydrogen-bond donors (Lipinski definition) is 2. The highest BCUT2D eigenvalue weighted by Crippen LogP contribution is 2.66. The molecule has 288 valence electrons. The molecule has 57 heavy (non-hydrogen) atoms. The Kier molecular flexibility index (Phi) is 9.73. The SMILES string of the molecule is NC(=O)[C@H]1[C@@H]2C(=O)O[C@@H](c3ccccc3)[C@@H](c3ccccc3)N2[C@@H](c2ccccc2OCCO)[C@]12C(=O)N(C(=O)OCc1ccc([N+](=O)[O-])cc1)c1ccccc12. The average Bonchev–Trinajstić information content (AvgIpc) is 3.69. The number of aliphatic hydroxyl groups excluding tert-OH is 1. The van der Waals surface area contributed by atoms with Gasteiger partial charge in [-0.05, 0) is 46.5 Å². The van der Waals surface area contributed by atoms with Crippen molar-refractivity contribution < 1.29 is 43.4 Å². The number of amides is 3. The van der Waals surface area contributed by atoms with E-state index in [0.29, 0.717) is 22.3 Å². The first-order chi connectivity index (χ1) is 27.7. The number of morpholine rings is 1. The third kappa shape index (κ3) is 6.06. The van der Waals surface area contributed by atoms with Gasteiger partial charge in [0.15, 0.2) is 0 Å². The molecule has 5 aromatic carbocycles. The highest BCUT2D eigenvalue weighted by Gasteiger charge is 2.75. The Balaban J connectivity index is 1.35. The number of cyclic esters (lactones) is 1. The summed E-state index contributed by atoms with van der Waals surface area (Å²) in [5, 5.41) is 21.0. The molecule has 8 rings (SSSR count). The van der Waals surface area contributed by atoms with Crippen molar-refractivity contribution in [1.82, 2.24) is 4.90 Å². The first-order valence-corrected chi connectivity index (χ1v) is 18.2. The summed E-state index contributed by atoms with van der Waals surface area (Å²) in [7, 11) is 0. The molecule has 3 aliphatic rings. The predicted octanol–water partition coefficient (Wildman–Crippen LogP) is 5.45. The van der Waals surface area contributed by atoms with E-state index < -0.39 is 64.4 Å². The van der Waals surface area contributed by atoms with Gasteiger partial charge in [0, 0.05) is 17.7 Å². The van der Waals surface area contributed by atoms with E-state index in [0.717, 1.165) is 4.90 Å². The number of para-hydroxylation sites is 2. The second-order valence-electron chi connectivity index (χ2n) is 13.9. The van der Waals surface area contributed by atoms with Crippen molar-refractivity contribution in [2.24, 2.45) is 11.7 Å². The minimum absolute atomic E-state index is 0.109. The summed E-state index contributed by atoms with van der Waals surface area (Å²) < 4.78 is 18.1. The maximum atomic E-state index is 15.7. The zero-order valence-corrected chi connectivity index (χ0v) is 30.3. The van der Waals surface area contributed by atoms with Gasteiger partial charge in [0.25, 0.3) is 5.69 Å². The molecule has 0 radical (unpaired) electrons. The number of esters is 1. The topological polar surface area (TPSA) is 192 Å². The molecule has 14 heteroatoms. The number of ether oxygens (including phenoxy) is 3. The number of aliphatic hydroxyl groups is 1. The average molecular weight is 769 g/mol. The quantitative estimate of drug-likeness (QED) is 0.104. The molecule has 2 fully saturated rings. The molecule has 3 N–H and O–H groups in total. The zero-order valence-electron chi connectivity index (χ0n) is 30.3. The molecule has 5 aromatic rings. The molecule has 6 atom stereocenters. The van der Waals surface area contributed by atoms with Crippen LogP contribution in [0.1, 0.15) is 46.0 Å². The van der Waals surface area contributed by atoms with E-state index in [9.17, 15) is 29.6 Å². The van der Waals surface area contributed by atoms with E-state index in [4.69, 9.17) is 19.9 Å². The largest absolute Gasteiger partial charge is 0.491 e. The minimum Gasteiger partial charge on any atom is -0.491 e. The number of benzene rings is 5. The molecular formula is C43H36N4O10. The van der Waals surface area contributed by atoms with Gasteiger partial charge in [-0.1, -0.05) is 97.1 Å². The number of nitro groups is 1. The third-order valence-corrected chi connectivity index (χ3v) is 10.9. The van der Waals surface area contributed by atoms with Crippen molar-refractivity contribution in [1.29, 1.82) is 0 Å². The van der Waals surface area contributed by atoms with Crippen molar-refractivity contribution in [2.45, 2.75) is 36.3 Å². The van der Waals surface area contributed by atoms with Crippen LogP contribution in [0.15, 0.2) is 133 Å². The fraction of sp³-hybridized carbons (Fsp3) is 0.209. The Labute approximate surface area is 326 Å². The number of primary amides is 1. The van der Waals surface area contributed by atoms with Gasteiger partial charge in [-0.25, -0.2) is 9.69 Å². The van der Waals surface area contributed by atoms with E-state index in [2.05, 4.69) is 0 Å². The Morgan fingerprint density at radius 1 is 0.825 bits per heavy atom. The lowest BCUT2D eigenvalue weighted by molar-refractivity contribution is -0.384. The lowest BCUT2D eigenvalue weighted by Crippen LogP contribution is -2.55. The maximum absolute atomic E-state index is 15.7. The van der Waals surface area contributed by atoms with Crippen molar-refractivity contribution in [3.05, 3.63) is 171 Å². The van der Waals surface area contributed by atoms with Crippen LogP contribution < -0.4 is 15.4 Å². The van der Waals surface area contributed by atoms with Gasteiger partial charge in [0.05, 0.1) is 35.2 Å². The van der Waals surface area contributed by atoms with Crippen LogP contribution in [0.5, 0.6) is 5.75 Å². The van der Waals surface area contributed by atoms with Crippen LogP contribution in [0.25, 0.3) is 0 Å². The van der Waals surface area contributed by atoms with Gasteiger partial charge in [-0.3, -0.25) is 29.4 Å². The molecule has 0 aromatic heterocycles. The number of nitro benzene ring substituents is 1. The van der Waals surface area contributed by atoms with Crippen LogP contribution in [-0.4, -0.2) is 58.1 Å². The highest BCUT2D eigenvalue weighted by atomic mass is 16.6. The summed E-state index contributed by atoms with van der Waals surface area (Å²) in [4.78, 5) is 72.2. The molecule has 0 unspecified atom stereocenters. The molecule has 2 saturated heterocycles. The van der Waals surface area contributed by atoms with Crippen molar-refractivity contribution in [2.75, 3.05) is 18.1 Å². The molecule has 0 bridgehead atoms. The van der Waals surface area contributed by atoms with E-state index in [1.807, 2.05) is 65.6 Å². The van der Waals surface area contributed by atoms with Gasteiger partial charge in [-0.2, -0.15) is 0 Å². The number of hydrogen-bond acceptors (Lipinski definition) is 11. The molecule has 3 amide bonds. The summed E-state index contributed by atoms with van der Waals surface area (Å²) in [5.41, 5.74) is 6.70. The van der Waals surface area contributed by atoms with Crippen LogP contribution >= 0.6 is 0 Å². The van der Waals surface area contributed by atoms with E-state index in [1.54, 1.807) is 48.5 Å². The fourth-order valence-corrected chi connectivity index (χ4v) is 8.76. The number of imide groups is 1. The number of fused-ring (bicyclic) bond motifs is 3. The van der Waals surface area contributed by atoms with Crippen molar-refractivity contribution in [3.8, 4) is 5.75 Å². The normalized spacial score (nSPS) is 23.7. The fourth-order valence-electron chi connectivity index (χ4n) is 8.76. The Hall–Kier alpha value is -6.90. The summed E-state index contributed by atoms with van der Waals surface area (Å²) in [5.74, 6) is -3.96. The maximum Gasteiger partial charge on any atom is 0.421 e. The minimum atomic E-state index is -2.05. The zero-order chi connectivity index (χ0) is 39.8. The van der Waals surface area contributed by atoms with Crippen LogP contribution in [0.4, 0.5) is 16.2 Å². The first-order valence-electron chi connectivity index (χ1n) is 18.2. The Morgan fingerprint density at radius 3 is 2.12 bits per heavy atom.